The van der Waals surface area contributed by atoms with Crippen LogP contribution in [0.3, 0.4) is 0 Å². The molecular weight excluding hydrogens is 438 g/mol. The maximum Gasteiger partial charge on any atom is 0.306 e. The molecule has 1 heterocycles. The van der Waals surface area contributed by atoms with Crippen molar-refractivity contribution in [1.82, 2.24) is 4.98 Å². The third-order valence-electron chi connectivity index (χ3n) is 4.08. The molecule has 29 heavy (non-hydrogen) atoms. The quantitative estimate of drug-likeness (QED) is 0.434. The van der Waals surface area contributed by atoms with E-state index >= 15 is 0 Å². The number of ether oxygens (including phenoxy) is 1. The summed E-state index contributed by atoms with van der Waals surface area (Å²) in [4.78, 5) is 30.4. The zero-order chi connectivity index (χ0) is 21.0. The lowest BCUT2D eigenvalue weighted by atomic mass is 10.2. The number of thiazole rings is 1. The highest BCUT2D eigenvalue weighted by Crippen LogP contribution is 2.34. The van der Waals surface area contributed by atoms with E-state index in [0.717, 1.165) is 4.70 Å². The Kier molecular flexibility index (Phi) is 7.05. The number of benzene rings is 2. The Bertz CT molecular complexity index is 1040. The summed E-state index contributed by atoms with van der Waals surface area (Å²) in [6.45, 7) is 2.11. The maximum absolute atomic E-state index is 13.3. The Morgan fingerprint density at radius 3 is 2.55 bits per heavy atom. The SMILES string of the molecule is CCOC(=O)CCC(=O)N(Cc1nc2c(Cl)c(Cl)ccc2s1)c1ccc(F)cc1. The van der Waals surface area contributed by atoms with Gasteiger partial charge in [0.1, 0.15) is 16.3 Å². The van der Waals surface area contributed by atoms with Crippen molar-refractivity contribution >= 4 is 62.3 Å². The number of anilines is 1. The van der Waals surface area contributed by atoms with Crippen LogP contribution in [0, 0.1) is 5.82 Å². The fourth-order valence-corrected chi connectivity index (χ4v) is 4.09. The molecule has 0 unspecified atom stereocenters. The Balaban J connectivity index is 1.87. The highest BCUT2D eigenvalue weighted by Gasteiger charge is 2.20. The van der Waals surface area contributed by atoms with Crippen LogP contribution >= 0.6 is 34.5 Å². The number of carbonyl (C=O) groups is 2. The molecule has 152 valence electrons. The first-order valence-electron chi connectivity index (χ1n) is 8.84. The molecule has 0 aliphatic rings. The number of carbonyl (C=O) groups excluding carboxylic acids is 2. The summed E-state index contributed by atoms with van der Waals surface area (Å²) < 4.78 is 19.1. The molecule has 0 fully saturated rings. The van der Waals surface area contributed by atoms with Gasteiger partial charge in [-0.05, 0) is 43.3 Å². The van der Waals surface area contributed by atoms with E-state index in [9.17, 15) is 14.0 Å². The molecule has 3 rings (SSSR count). The van der Waals surface area contributed by atoms with Crippen LogP contribution in [-0.2, 0) is 20.9 Å². The van der Waals surface area contributed by atoms with Crippen molar-refractivity contribution in [1.29, 1.82) is 0 Å². The van der Waals surface area contributed by atoms with Gasteiger partial charge in [-0.3, -0.25) is 9.59 Å². The second kappa shape index (κ2) is 9.52. The fraction of sp³-hybridized carbons (Fsp3) is 0.250. The zero-order valence-corrected chi connectivity index (χ0v) is 17.8. The minimum absolute atomic E-state index is 0.0340. The van der Waals surface area contributed by atoms with Gasteiger partial charge >= 0.3 is 5.97 Å². The summed E-state index contributed by atoms with van der Waals surface area (Å²) in [6.07, 6.45) is -0.0701. The lowest BCUT2D eigenvalue weighted by molar-refractivity contribution is -0.144. The third-order valence-corrected chi connectivity index (χ3v) is 5.88. The van der Waals surface area contributed by atoms with Crippen molar-refractivity contribution in [3.8, 4) is 0 Å². The molecule has 0 aliphatic carbocycles. The fourth-order valence-electron chi connectivity index (χ4n) is 2.71. The van der Waals surface area contributed by atoms with Gasteiger partial charge in [0, 0.05) is 12.1 Å². The molecule has 1 aromatic heterocycles. The van der Waals surface area contributed by atoms with Crippen LogP contribution < -0.4 is 4.90 Å². The number of hydrogen-bond donors (Lipinski definition) is 0. The average Bonchev–Trinajstić information content (AvgIpc) is 3.12. The van der Waals surface area contributed by atoms with Gasteiger partial charge in [-0.2, -0.15) is 0 Å². The monoisotopic (exact) mass is 454 g/mol. The van der Waals surface area contributed by atoms with E-state index in [1.165, 1.54) is 40.5 Å². The molecular formula is C20H17Cl2FN2O3S. The van der Waals surface area contributed by atoms with Gasteiger partial charge in [-0.15, -0.1) is 11.3 Å². The van der Waals surface area contributed by atoms with Crippen LogP contribution in [0.1, 0.15) is 24.8 Å². The molecule has 0 saturated heterocycles. The summed E-state index contributed by atoms with van der Waals surface area (Å²) in [5, 5.41) is 1.39. The molecule has 0 radical (unpaired) electrons. The number of rotatable bonds is 7. The molecule has 1 amide bonds. The molecule has 2 aromatic carbocycles. The standard InChI is InChI=1S/C20H17Cl2FN2O3S/c1-2-28-18(27)10-9-17(26)25(13-5-3-12(23)4-6-13)11-16-24-20-15(29-16)8-7-14(21)19(20)22/h3-8H,2,9-11H2,1H3. The number of aromatic nitrogens is 1. The van der Waals surface area contributed by atoms with Gasteiger partial charge in [0.05, 0.1) is 34.3 Å². The van der Waals surface area contributed by atoms with Crippen LogP contribution in [0.4, 0.5) is 10.1 Å². The van der Waals surface area contributed by atoms with E-state index in [1.807, 2.05) is 6.07 Å². The number of hydrogen-bond acceptors (Lipinski definition) is 5. The number of esters is 1. The van der Waals surface area contributed by atoms with Gasteiger partial charge in [0.2, 0.25) is 5.91 Å². The second-order valence-electron chi connectivity index (χ2n) is 6.08. The Labute approximate surface area is 181 Å². The van der Waals surface area contributed by atoms with Crippen LogP contribution in [0.2, 0.25) is 10.0 Å². The predicted octanol–water partition coefficient (Wildman–Crippen LogP) is 5.62. The van der Waals surface area contributed by atoms with Gasteiger partial charge in [0.15, 0.2) is 0 Å². The van der Waals surface area contributed by atoms with Crippen LogP contribution in [0.25, 0.3) is 10.2 Å². The largest absolute Gasteiger partial charge is 0.466 e. The van der Waals surface area contributed by atoms with Crippen molar-refractivity contribution in [2.75, 3.05) is 11.5 Å². The van der Waals surface area contributed by atoms with Crippen LogP contribution in [-0.4, -0.2) is 23.5 Å². The highest BCUT2D eigenvalue weighted by atomic mass is 35.5. The summed E-state index contributed by atoms with van der Waals surface area (Å²) in [5.74, 6) is -1.15. The van der Waals surface area contributed by atoms with Gasteiger partial charge in [-0.25, -0.2) is 9.37 Å². The molecule has 0 bridgehead atoms. The lowest BCUT2D eigenvalue weighted by Gasteiger charge is -2.21. The first-order chi connectivity index (χ1) is 13.9. The van der Waals surface area contributed by atoms with E-state index in [0.29, 0.717) is 26.3 Å². The van der Waals surface area contributed by atoms with Crippen molar-refractivity contribution < 1.29 is 18.7 Å². The minimum Gasteiger partial charge on any atom is -0.466 e. The van der Waals surface area contributed by atoms with Gasteiger partial charge in [-0.1, -0.05) is 23.2 Å². The number of amides is 1. The topological polar surface area (TPSA) is 59.5 Å². The molecule has 0 spiro atoms. The molecule has 0 atom stereocenters. The van der Waals surface area contributed by atoms with Gasteiger partial charge < -0.3 is 9.64 Å². The molecule has 5 nitrogen and oxygen atoms in total. The van der Waals surface area contributed by atoms with E-state index in [-0.39, 0.29) is 31.9 Å². The minimum atomic E-state index is -0.443. The number of nitrogens with zero attached hydrogens (tertiary/aromatic N) is 2. The zero-order valence-electron chi connectivity index (χ0n) is 15.5. The Hall–Kier alpha value is -2.22. The Morgan fingerprint density at radius 1 is 1.14 bits per heavy atom. The molecule has 0 N–H and O–H groups in total. The van der Waals surface area contributed by atoms with E-state index in [2.05, 4.69) is 4.98 Å². The molecule has 0 saturated carbocycles. The van der Waals surface area contributed by atoms with E-state index in [1.54, 1.807) is 13.0 Å². The third kappa shape index (κ3) is 5.23. The first-order valence-corrected chi connectivity index (χ1v) is 10.4. The van der Waals surface area contributed by atoms with Crippen molar-refractivity contribution in [3.05, 3.63) is 57.3 Å². The van der Waals surface area contributed by atoms with Crippen LogP contribution in [0.5, 0.6) is 0 Å². The normalized spacial score (nSPS) is 10.9. The van der Waals surface area contributed by atoms with Crippen LogP contribution in [0.15, 0.2) is 36.4 Å². The highest BCUT2D eigenvalue weighted by molar-refractivity contribution is 7.18. The lowest BCUT2D eigenvalue weighted by Crippen LogP contribution is -2.30. The van der Waals surface area contributed by atoms with Crippen molar-refractivity contribution in [3.63, 3.8) is 0 Å². The summed E-state index contributed by atoms with van der Waals surface area (Å²) >= 11 is 13.7. The predicted molar refractivity (Wildman–Crippen MR) is 113 cm³/mol. The molecule has 9 heteroatoms. The van der Waals surface area contributed by atoms with E-state index < -0.39 is 11.8 Å². The summed E-state index contributed by atoms with van der Waals surface area (Å²) in [7, 11) is 0. The summed E-state index contributed by atoms with van der Waals surface area (Å²) in [6, 6.07) is 9.07. The van der Waals surface area contributed by atoms with Gasteiger partial charge in [0.25, 0.3) is 0 Å². The van der Waals surface area contributed by atoms with Crippen molar-refractivity contribution in [2.45, 2.75) is 26.3 Å². The number of halogens is 3. The smallest absolute Gasteiger partial charge is 0.306 e. The van der Waals surface area contributed by atoms with E-state index in [4.69, 9.17) is 27.9 Å². The average molecular weight is 455 g/mol. The molecule has 3 aromatic rings. The molecule has 0 aliphatic heterocycles. The second-order valence-corrected chi connectivity index (χ2v) is 7.98. The maximum atomic E-state index is 13.3. The summed E-state index contributed by atoms with van der Waals surface area (Å²) in [5.41, 5.74) is 1.07. The van der Waals surface area contributed by atoms with Crippen molar-refractivity contribution in [2.24, 2.45) is 0 Å². The first kappa shape index (κ1) is 21.5. The number of fused-ring (bicyclic) bond motifs is 1. The Morgan fingerprint density at radius 2 is 1.86 bits per heavy atom.